The number of likely N-dealkylation sites (N-methyl/N-ethyl adjacent to an activating group) is 1. The van der Waals surface area contributed by atoms with Crippen LogP contribution in [0.1, 0.15) is 82.8 Å². The van der Waals surface area contributed by atoms with Crippen LogP contribution in [0.3, 0.4) is 0 Å². The highest BCUT2D eigenvalue weighted by Gasteiger charge is 2.65. The molecule has 1 aliphatic heterocycles. The molecule has 1 heterocycles. The molecule has 0 unspecified atom stereocenters. The first-order chi connectivity index (χ1) is 26.1. The molecule has 2 aromatic carbocycles. The molecule has 1 fully saturated rings. The van der Waals surface area contributed by atoms with E-state index in [2.05, 4.69) is 25.3 Å². The summed E-state index contributed by atoms with van der Waals surface area (Å²) >= 11 is 0. The SMILES string of the molecule is C=CCOc1ccc2c(c1)[C@H]1[C@H](CCCCO)[C@@H](CCCCO)C=C3C(=NOCc4ccccc4)C[C@H](N(C)C(=O)OCC(C)(C)C)[C@@](OCC=C)(O2)[C@H]31. The maximum absolute atomic E-state index is 14.0. The number of carbonyl (C=O) groups is 1. The third-order valence-electron chi connectivity index (χ3n) is 10.6. The molecule has 0 aromatic heterocycles. The lowest BCUT2D eigenvalue weighted by molar-refractivity contribution is -0.253. The van der Waals surface area contributed by atoms with Crippen LogP contribution in [-0.2, 0) is 20.9 Å². The molecular weight excluding hydrogens is 684 g/mol. The van der Waals surface area contributed by atoms with E-state index in [9.17, 15) is 15.0 Å². The molecule has 5 rings (SSSR count). The number of allylic oxidation sites excluding steroid dienone is 1. The molecule has 1 amide bonds. The predicted octanol–water partition coefficient (Wildman–Crippen LogP) is 8.20. The zero-order chi connectivity index (χ0) is 38.7. The number of nitrogens with zero attached hydrogens (tertiary/aromatic N) is 2. The highest BCUT2D eigenvalue weighted by atomic mass is 16.7. The minimum Gasteiger partial charge on any atom is -0.490 e. The fourth-order valence-corrected chi connectivity index (χ4v) is 8.24. The van der Waals surface area contributed by atoms with Crippen LogP contribution in [0.15, 0.2) is 90.6 Å². The third kappa shape index (κ3) is 9.57. The second-order valence-corrected chi connectivity index (χ2v) is 15.9. The summed E-state index contributed by atoms with van der Waals surface area (Å²) in [6.07, 6.45) is 10.3. The first kappa shape index (κ1) is 41.1. The Morgan fingerprint density at radius 2 is 1.74 bits per heavy atom. The number of aliphatic hydroxyl groups is 2. The van der Waals surface area contributed by atoms with Crippen LogP contribution in [0.25, 0.3) is 0 Å². The number of amides is 1. The summed E-state index contributed by atoms with van der Waals surface area (Å²) in [6.45, 7) is 15.2. The monoisotopic (exact) mass is 744 g/mol. The Morgan fingerprint density at radius 1 is 1.02 bits per heavy atom. The number of rotatable bonds is 19. The Hall–Kier alpha value is -4.12. The molecule has 2 aromatic rings. The summed E-state index contributed by atoms with van der Waals surface area (Å²) < 4.78 is 26.1. The first-order valence-electron chi connectivity index (χ1n) is 19.4. The molecule has 0 bridgehead atoms. The largest absolute Gasteiger partial charge is 0.490 e. The van der Waals surface area contributed by atoms with Gasteiger partial charge in [-0.3, -0.25) is 0 Å². The Kier molecular flexibility index (Phi) is 14.4. The quantitative estimate of drug-likeness (QED) is 0.0840. The Morgan fingerprint density at radius 3 is 2.43 bits per heavy atom. The van der Waals surface area contributed by atoms with Crippen LogP contribution in [0.4, 0.5) is 4.79 Å². The van der Waals surface area contributed by atoms with Crippen LogP contribution in [-0.4, -0.2) is 78.8 Å². The van der Waals surface area contributed by atoms with Gasteiger partial charge in [-0.1, -0.05) is 93.9 Å². The number of unbranched alkanes of at least 4 members (excludes halogenated alkanes) is 2. The second kappa shape index (κ2) is 19.0. The molecule has 54 heavy (non-hydrogen) atoms. The number of benzene rings is 2. The number of aliphatic hydroxyl groups excluding tert-OH is 2. The normalized spacial score (nSPS) is 25.0. The summed E-state index contributed by atoms with van der Waals surface area (Å²) in [5.74, 6) is -0.312. The zero-order valence-corrected chi connectivity index (χ0v) is 32.6. The van der Waals surface area contributed by atoms with E-state index in [1.54, 1.807) is 24.1 Å². The van der Waals surface area contributed by atoms with Crippen LogP contribution in [0.5, 0.6) is 11.5 Å². The lowest BCUT2D eigenvalue weighted by Crippen LogP contribution is -2.69. The minimum absolute atomic E-state index is 0.108. The van der Waals surface area contributed by atoms with Gasteiger partial charge in [-0.25, -0.2) is 4.79 Å². The van der Waals surface area contributed by atoms with Gasteiger partial charge < -0.3 is 38.9 Å². The van der Waals surface area contributed by atoms with Crippen molar-refractivity contribution >= 4 is 11.8 Å². The number of oxime groups is 1. The fourth-order valence-electron chi connectivity index (χ4n) is 8.24. The maximum atomic E-state index is 14.0. The number of hydrogen-bond donors (Lipinski definition) is 2. The van der Waals surface area contributed by atoms with Crippen molar-refractivity contribution in [1.29, 1.82) is 0 Å². The second-order valence-electron chi connectivity index (χ2n) is 15.9. The van der Waals surface area contributed by atoms with Gasteiger partial charge in [-0.2, -0.15) is 0 Å². The molecule has 1 saturated carbocycles. The Balaban J connectivity index is 1.72. The number of fused-ring (bicyclic) bond motifs is 2. The van der Waals surface area contributed by atoms with E-state index in [-0.39, 0.29) is 62.6 Å². The smallest absolute Gasteiger partial charge is 0.410 e. The fraction of sp³-hybridized carbons (Fsp3) is 0.545. The lowest BCUT2D eigenvalue weighted by Gasteiger charge is -2.59. The van der Waals surface area contributed by atoms with E-state index in [1.165, 1.54) is 0 Å². The van der Waals surface area contributed by atoms with E-state index in [1.807, 2.05) is 63.2 Å². The van der Waals surface area contributed by atoms with Crippen molar-refractivity contribution in [2.75, 3.05) is 40.1 Å². The van der Waals surface area contributed by atoms with Crippen molar-refractivity contribution in [3.8, 4) is 11.5 Å². The molecule has 0 radical (unpaired) electrons. The molecule has 2 aliphatic carbocycles. The van der Waals surface area contributed by atoms with E-state index in [0.29, 0.717) is 30.9 Å². The average Bonchev–Trinajstić information content (AvgIpc) is 3.16. The minimum atomic E-state index is -1.35. The van der Waals surface area contributed by atoms with Crippen molar-refractivity contribution in [1.82, 2.24) is 4.90 Å². The Bertz CT molecular complexity index is 1620. The van der Waals surface area contributed by atoms with Crippen molar-refractivity contribution < 1.29 is 38.8 Å². The summed E-state index contributed by atoms with van der Waals surface area (Å²) in [5, 5.41) is 24.5. The Labute approximate surface area is 321 Å². The predicted molar refractivity (Wildman–Crippen MR) is 210 cm³/mol. The van der Waals surface area contributed by atoms with Crippen LogP contribution < -0.4 is 9.47 Å². The molecule has 10 heteroatoms. The number of carbonyl (C=O) groups excluding carboxylic acids is 1. The van der Waals surface area contributed by atoms with Gasteiger partial charge >= 0.3 is 6.09 Å². The summed E-state index contributed by atoms with van der Waals surface area (Å²) in [5.41, 5.74) is 3.45. The van der Waals surface area contributed by atoms with Crippen LogP contribution in [0, 0.1) is 23.2 Å². The molecule has 0 saturated heterocycles. The molecular formula is C44H60N2O8. The van der Waals surface area contributed by atoms with Crippen molar-refractivity contribution in [2.24, 2.45) is 28.3 Å². The zero-order valence-electron chi connectivity index (χ0n) is 32.6. The lowest BCUT2D eigenvalue weighted by atomic mass is 9.55. The van der Waals surface area contributed by atoms with Gasteiger partial charge in [-0.15, -0.1) is 6.58 Å². The van der Waals surface area contributed by atoms with Crippen LogP contribution >= 0.6 is 0 Å². The summed E-state index contributed by atoms with van der Waals surface area (Å²) in [6, 6.07) is 15.1. The van der Waals surface area contributed by atoms with E-state index >= 15 is 0 Å². The molecule has 0 spiro atoms. The van der Waals surface area contributed by atoms with Gasteiger partial charge in [0.1, 0.15) is 30.8 Å². The van der Waals surface area contributed by atoms with Gasteiger partial charge in [0.15, 0.2) is 0 Å². The first-order valence-corrected chi connectivity index (χ1v) is 19.4. The molecule has 2 N–H and O–H groups in total. The van der Waals surface area contributed by atoms with E-state index < -0.39 is 23.8 Å². The molecule has 294 valence electrons. The maximum Gasteiger partial charge on any atom is 0.410 e. The van der Waals surface area contributed by atoms with Crippen molar-refractivity contribution in [2.45, 2.75) is 90.1 Å². The standard InChI is InChI=1S/C44H60N2O8/c1-7-24-50-33-20-21-38-36(27-33)40-34(19-13-15-23-48)32(18-12-14-22-47)26-35-37(45-53-29-31-16-10-9-11-17-31)28-39(44(54-38,41(35)40)52-25-8-2)46(6)42(49)51-30-43(3,4)5/h7-11,16-17,20-21,26-27,32,34,39-41,47-48H,1-2,12-15,18-19,22-25,28-30H2,3-6H3/t32-,34+,39-,40+,41+,44+/m0/s1. The third-order valence-corrected chi connectivity index (χ3v) is 10.6. The molecule has 3 aliphatic rings. The van der Waals surface area contributed by atoms with Gasteiger partial charge in [0.2, 0.25) is 5.79 Å². The van der Waals surface area contributed by atoms with E-state index in [4.69, 9.17) is 28.9 Å². The van der Waals surface area contributed by atoms with Crippen LogP contribution in [0.2, 0.25) is 0 Å². The highest BCUT2D eigenvalue weighted by Crippen LogP contribution is 2.61. The summed E-state index contributed by atoms with van der Waals surface area (Å²) in [7, 11) is 1.74. The number of ether oxygens (including phenoxy) is 4. The van der Waals surface area contributed by atoms with Gasteiger partial charge in [0.25, 0.3) is 0 Å². The van der Waals surface area contributed by atoms with E-state index in [0.717, 1.165) is 48.1 Å². The average molecular weight is 745 g/mol. The summed E-state index contributed by atoms with van der Waals surface area (Å²) in [4.78, 5) is 21.7. The van der Waals surface area contributed by atoms with Gasteiger partial charge in [0.05, 0.1) is 24.8 Å². The van der Waals surface area contributed by atoms with Crippen molar-refractivity contribution in [3.05, 3.63) is 96.6 Å². The van der Waals surface area contributed by atoms with Gasteiger partial charge in [0, 0.05) is 38.2 Å². The van der Waals surface area contributed by atoms with Gasteiger partial charge in [-0.05, 0) is 72.3 Å². The topological polar surface area (TPSA) is 119 Å². The number of hydrogen-bond acceptors (Lipinski definition) is 9. The highest BCUT2D eigenvalue weighted by molar-refractivity contribution is 6.02. The molecule has 6 atom stereocenters. The van der Waals surface area contributed by atoms with Crippen molar-refractivity contribution in [3.63, 3.8) is 0 Å². The molecule has 10 nitrogen and oxygen atoms in total.